The number of carbonyl (C=O) groups is 2. The largest absolute Gasteiger partial charge is 0.481 e. The molecule has 0 saturated carbocycles. The van der Waals surface area contributed by atoms with Gasteiger partial charge in [0.15, 0.2) is 0 Å². The Hall–Kier alpha value is -1.30. The number of carboxylic acid groups (broad SMARTS) is 1. The summed E-state index contributed by atoms with van der Waals surface area (Å²) in [6.07, 6.45) is 1.44. The van der Waals surface area contributed by atoms with Crippen molar-refractivity contribution in [3.05, 3.63) is 0 Å². The molecule has 2 amide bonds. The van der Waals surface area contributed by atoms with E-state index in [0.29, 0.717) is 32.0 Å². The van der Waals surface area contributed by atoms with Crippen molar-refractivity contribution in [1.29, 1.82) is 0 Å². The molecular formula is C11H20N2O4. The van der Waals surface area contributed by atoms with Crippen LogP contribution < -0.4 is 5.73 Å². The first-order valence-corrected chi connectivity index (χ1v) is 5.88. The van der Waals surface area contributed by atoms with Crippen molar-refractivity contribution in [1.82, 2.24) is 4.90 Å². The molecule has 2 unspecified atom stereocenters. The zero-order valence-corrected chi connectivity index (χ0v) is 10.1. The van der Waals surface area contributed by atoms with Gasteiger partial charge in [-0.3, -0.25) is 4.79 Å². The van der Waals surface area contributed by atoms with Crippen LogP contribution in [0.5, 0.6) is 0 Å². The fraction of sp³-hybridized carbons (Fsp3) is 0.818. The van der Waals surface area contributed by atoms with Crippen molar-refractivity contribution in [3.63, 3.8) is 0 Å². The molecule has 1 aliphatic rings. The van der Waals surface area contributed by atoms with Crippen molar-refractivity contribution in [2.24, 2.45) is 11.7 Å². The first-order valence-electron chi connectivity index (χ1n) is 5.88. The molecule has 1 saturated heterocycles. The summed E-state index contributed by atoms with van der Waals surface area (Å²) >= 11 is 0. The zero-order chi connectivity index (χ0) is 12.8. The summed E-state index contributed by atoms with van der Waals surface area (Å²) in [7, 11) is 0. The van der Waals surface area contributed by atoms with E-state index in [4.69, 9.17) is 15.6 Å². The molecule has 0 bridgehead atoms. The number of nitrogens with two attached hydrogens (primary N) is 1. The maximum absolute atomic E-state index is 11.0. The predicted octanol–water partition coefficient (Wildman–Crippen LogP) is 0.657. The Morgan fingerprint density at radius 1 is 1.53 bits per heavy atom. The minimum Gasteiger partial charge on any atom is -0.481 e. The number of piperidine rings is 1. The lowest BCUT2D eigenvalue weighted by molar-refractivity contribution is -0.137. The lowest BCUT2D eigenvalue weighted by Crippen LogP contribution is -2.49. The molecule has 1 fully saturated rings. The van der Waals surface area contributed by atoms with E-state index in [0.717, 1.165) is 6.42 Å². The van der Waals surface area contributed by atoms with Crippen LogP contribution >= 0.6 is 0 Å². The van der Waals surface area contributed by atoms with Crippen LogP contribution in [0, 0.1) is 5.92 Å². The molecule has 0 aromatic rings. The summed E-state index contributed by atoms with van der Waals surface area (Å²) in [5.41, 5.74) is 5.22. The van der Waals surface area contributed by atoms with Gasteiger partial charge in [-0.1, -0.05) is 6.92 Å². The predicted molar refractivity (Wildman–Crippen MR) is 61.5 cm³/mol. The van der Waals surface area contributed by atoms with Gasteiger partial charge < -0.3 is 20.5 Å². The van der Waals surface area contributed by atoms with E-state index in [2.05, 4.69) is 6.92 Å². The van der Waals surface area contributed by atoms with Crippen LogP contribution in [-0.4, -0.2) is 47.8 Å². The minimum atomic E-state index is -0.816. The number of urea groups is 1. The van der Waals surface area contributed by atoms with E-state index in [-0.39, 0.29) is 12.5 Å². The number of aliphatic carboxylic acids is 1. The van der Waals surface area contributed by atoms with Gasteiger partial charge in [-0.25, -0.2) is 4.79 Å². The Kier molecular flexibility index (Phi) is 5.21. The minimum absolute atomic E-state index is 0.0370. The third-order valence-corrected chi connectivity index (χ3v) is 3.07. The highest BCUT2D eigenvalue weighted by molar-refractivity contribution is 5.72. The first kappa shape index (κ1) is 13.8. The summed E-state index contributed by atoms with van der Waals surface area (Å²) in [5.74, 6) is -0.445. The van der Waals surface area contributed by atoms with Gasteiger partial charge in [0.2, 0.25) is 0 Å². The highest BCUT2D eigenvalue weighted by atomic mass is 16.5. The van der Waals surface area contributed by atoms with Crippen LogP contribution in [0.3, 0.4) is 0 Å². The molecule has 1 heterocycles. The standard InChI is InChI=1S/C11H20N2O4/c1-8-4-5-13(11(12)16)7-9(8)17-6-2-3-10(14)15/h8-9H,2-7H2,1H3,(H2,12,16)(H,14,15). The van der Waals surface area contributed by atoms with Gasteiger partial charge >= 0.3 is 12.0 Å². The highest BCUT2D eigenvalue weighted by Crippen LogP contribution is 2.20. The molecule has 6 heteroatoms. The third-order valence-electron chi connectivity index (χ3n) is 3.07. The topological polar surface area (TPSA) is 92.9 Å². The molecule has 6 nitrogen and oxygen atoms in total. The summed E-state index contributed by atoms with van der Waals surface area (Å²) < 4.78 is 5.61. The highest BCUT2D eigenvalue weighted by Gasteiger charge is 2.28. The van der Waals surface area contributed by atoms with Gasteiger partial charge in [0.1, 0.15) is 0 Å². The number of hydrogen-bond acceptors (Lipinski definition) is 3. The van der Waals surface area contributed by atoms with Crippen LogP contribution in [0.4, 0.5) is 4.79 Å². The molecule has 0 spiro atoms. The van der Waals surface area contributed by atoms with Crippen LogP contribution in [0.2, 0.25) is 0 Å². The number of ether oxygens (including phenoxy) is 1. The number of carboxylic acids is 1. The molecule has 98 valence electrons. The maximum atomic E-state index is 11.0. The number of likely N-dealkylation sites (tertiary alicyclic amines) is 1. The number of primary amides is 1. The molecule has 0 radical (unpaired) electrons. The van der Waals surface area contributed by atoms with Crippen molar-refractivity contribution in [2.45, 2.75) is 32.3 Å². The number of hydrogen-bond donors (Lipinski definition) is 2. The van der Waals surface area contributed by atoms with Gasteiger partial charge in [0, 0.05) is 26.1 Å². The van der Waals surface area contributed by atoms with E-state index in [1.807, 2.05) is 0 Å². The number of carbonyl (C=O) groups excluding carboxylic acids is 1. The Balaban J connectivity index is 2.29. The van der Waals surface area contributed by atoms with Gasteiger partial charge in [-0.2, -0.15) is 0 Å². The van der Waals surface area contributed by atoms with E-state index in [1.165, 1.54) is 0 Å². The average Bonchev–Trinajstić information content (AvgIpc) is 2.25. The van der Waals surface area contributed by atoms with Crippen LogP contribution in [0.25, 0.3) is 0 Å². The molecule has 0 aliphatic carbocycles. The van der Waals surface area contributed by atoms with Crippen LogP contribution in [0.15, 0.2) is 0 Å². The van der Waals surface area contributed by atoms with Gasteiger partial charge in [0.05, 0.1) is 6.10 Å². The van der Waals surface area contributed by atoms with Crippen molar-refractivity contribution in [3.8, 4) is 0 Å². The Bertz CT molecular complexity index is 283. The van der Waals surface area contributed by atoms with E-state index < -0.39 is 12.0 Å². The molecule has 17 heavy (non-hydrogen) atoms. The second-order valence-electron chi connectivity index (χ2n) is 4.46. The molecule has 1 rings (SSSR count). The number of rotatable bonds is 5. The normalized spacial score (nSPS) is 24.6. The molecule has 1 aliphatic heterocycles. The van der Waals surface area contributed by atoms with Crippen molar-refractivity contribution < 1.29 is 19.4 Å². The van der Waals surface area contributed by atoms with Crippen molar-refractivity contribution >= 4 is 12.0 Å². The molecule has 0 aromatic heterocycles. The molecule has 3 N–H and O–H groups in total. The second kappa shape index (κ2) is 6.44. The van der Waals surface area contributed by atoms with Gasteiger partial charge in [-0.15, -0.1) is 0 Å². The second-order valence-corrected chi connectivity index (χ2v) is 4.46. The summed E-state index contributed by atoms with van der Waals surface area (Å²) in [6.45, 7) is 3.66. The zero-order valence-electron chi connectivity index (χ0n) is 10.1. The number of nitrogens with zero attached hydrogens (tertiary/aromatic N) is 1. The molecule has 0 aromatic carbocycles. The van der Waals surface area contributed by atoms with E-state index >= 15 is 0 Å². The summed E-state index contributed by atoms with van der Waals surface area (Å²) in [4.78, 5) is 22.9. The average molecular weight is 244 g/mol. The van der Waals surface area contributed by atoms with Crippen molar-refractivity contribution in [2.75, 3.05) is 19.7 Å². The fourth-order valence-corrected chi connectivity index (χ4v) is 1.91. The van der Waals surface area contributed by atoms with Crippen LogP contribution in [-0.2, 0) is 9.53 Å². The quantitative estimate of drug-likeness (QED) is 0.695. The fourth-order valence-electron chi connectivity index (χ4n) is 1.91. The number of amides is 2. The first-order chi connectivity index (χ1) is 8.00. The Labute approximate surface area is 101 Å². The molecule has 2 atom stereocenters. The lowest BCUT2D eigenvalue weighted by atomic mass is 9.96. The monoisotopic (exact) mass is 244 g/mol. The third kappa shape index (κ3) is 4.60. The lowest BCUT2D eigenvalue weighted by Gasteiger charge is -2.35. The van der Waals surface area contributed by atoms with E-state index in [9.17, 15) is 9.59 Å². The summed E-state index contributed by atoms with van der Waals surface area (Å²) in [6, 6.07) is -0.420. The maximum Gasteiger partial charge on any atom is 0.314 e. The van der Waals surface area contributed by atoms with E-state index in [1.54, 1.807) is 4.90 Å². The Morgan fingerprint density at radius 2 is 2.24 bits per heavy atom. The van der Waals surface area contributed by atoms with Gasteiger partial charge in [-0.05, 0) is 18.8 Å². The Morgan fingerprint density at radius 3 is 2.82 bits per heavy atom. The van der Waals surface area contributed by atoms with Gasteiger partial charge in [0.25, 0.3) is 0 Å². The SMILES string of the molecule is CC1CCN(C(N)=O)CC1OCCCC(=O)O. The smallest absolute Gasteiger partial charge is 0.314 e. The van der Waals surface area contributed by atoms with Crippen LogP contribution in [0.1, 0.15) is 26.2 Å². The molecular weight excluding hydrogens is 224 g/mol. The summed E-state index contributed by atoms with van der Waals surface area (Å²) in [5, 5.41) is 8.49.